The van der Waals surface area contributed by atoms with Gasteiger partial charge in [0.2, 0.25) is 0 Å². The minimum atomic E-state index is -2.99. The molecule has 0 radical (unpaired) electrons. The van der Waals surface area contributed by atoms with Gasteiger partial charge >= 0.3 is 0 Å². The Morgan fingerprint density at radius 3 is 2.39 bits per heavy atom. The first-order chi connectivity index (χ1) is 8.47. The zero-order valence-electron chi connectivity index (χ0n) is 12.3. The van der Waals surface area contributed by atoms with E-state index in [2.05, 4.69) is 19.2 Å². The molecule has 18 heavy (non-hydrogen) atoms. The smallest absolute Gasteiger partial charge is 0.157 e. The summed E-state index contributed by atoms with van der Waals surface area (Å²) in [7, 11) is -2.99. The molecule has 1 aliphatic carbocycles. The second-order valence-corrected chi connectivity index (χ2v) is 8.19. The number of hydrogen-bond acceptors (Lipinski definition) is 3. The molecule has 1 rings (SSSR count). The second-order valence-electron chi connectivity index (χ2n) is 5.60. The van der Waals surface area contributed by atoms with Crippen LogP contribution in [0.4, 0.5) is 0 Å². The van der Waals surface area contributed by atoms with Crippen LogP contribution >= 0.6 is 0 Å². The number of rotatable bonds is 6. The summed E-state index contributed by atoms with van der Waals surface area (Å²) in [5.74, 6) is 0.587. The molecule has 1 fully saturated rings. The fourth-order valence-corrected chi connectivity index (χ4v) is 5.26. The first kappa shape index (κ1) is 16.0. The van der Waals surface area contributed by atoms with Gasteiger partial charge in [0, 0.05) is 6.04 Å². The third-order valence-electron chi connectivity index (χ3n) is 4.50. The quantitative estimate of drug-likeness (QED) is 0.811. The SMILES string of the molecule is CCNC1CCC(CC)CC1S(=O)(=O)C(C)CC. The van der Waals surface area contributed by atoms with Crippen molar-refractivity contribution in [1.82, 2.24) is 5.32 Å². The standard InChI is InChI=1S/C14H29NO2S/c1-5-11(4)18(16,17)14-10-12(6-2)8-9-13(14)15-7-3/h11-15H,5-10H2,1-4H3. The highest BCUT2D eigenvalue weighted by molar-refractivity contribution is 7.92. The molecule has 4 heteroatoms. The first-order valence-electron chi connectivity index (χ1n) is 7.43. The molecule has 1 aliphatic rings. The van der Waals surface area contributed by atoms with Crippen molar-refractivity contribution in [3.8, 4) is 0 Å². The highest BCUT2D eigenvalue weighted by Crippen LogP contribution is 2.33. The molecular weight excluding hydrogens is 246 g/mol. The Balaban J connectivity index is 2.90. The third kappa shape index (κ3) is 3.47. The van der Waals surface area contributed by atoms with E-state index in [1.165, 1.54) is 6.42 Å². The molecule has 4 unspecified atom stereocenters. The maximum atomic E-state index is 12.6. The summed E-state index contributed by atoms with van der Waals surface area (Å²) in [5, 5.41) is 3.00. The fraction of sp³-hybridized carbons (Fsp3) is 1.00. The van der Waals surface area contributed by atoms with Crippen molar-refractivity contribution in [2.75, 3.05) is 6.54 Å². The minimum Gasteiger partial charge on any atom is -0.313 e. The van der Waals surface area contributed by atoms with Crippen molar-refractivity contribution in [1.29, 1.82) is 0 Å². The molecular formula is C14H29NO2S. The van der Waals surface area contributed by atoms with Gasteiger partial charge in [0.25, 0.3) is 0 Å². The van der Waals surface area contributed by atoms with E-state index in [0.29, 0.717) is 12.3 Å². The highest BCUT2D eigenvalue weighted by Gasteiger charge is 2.40. The zero-order chi connectivity index (χ0) is 13.8. The predicted molar refractivity (Wildman–Crippen MR) is 77.6 cm³/mol. The Labute approximate surface area is 113 Å². The minimum absolute atomic E-state index is 0.164. The molecule has 0 aromatic rings. The van der Waals surface area contributed by atoms with Gasteiger partial charge in [-0.1, -0.05) is 27.2 Å². The van der Waals surface area contributed by atoms with Crippen molar-refractivity contribution in [2.24, 2.45) is 5.92 Å². The van der Waals surface area contributed by atoms with Crippen molar-refractivity contribution in [3.63, 3.8) is 0 Å². The molecule has 0 amide bonds. The lowest BCUT2D eigenvalue weighted by molar-refractivity contribution is 0.289. The molecule has 3 nitrogen and oxygen atoms in total. The van der Waals surface area contributed by atoms with Crippen LogP contribution in [0.5, 0.6) is 0 Å². The van der Waals surface area contributed by atoms with E-state index >= 15 is 0 Å². The molecule has 0 bridgehead atoms. The number of hydrogen-bond donors (Lipinski definition) is 1. The highest BCUT2D eigenvalue weighted by atomic mass is 32.2. The monoisotopic (exact) mass is 275 g/mol. The average molecular weight is 275 g/mol. The van der Waals surface area contributed by atoms with Crippen LogP contribution < -0.4 is 5.32 Å². The molecule has 0 aromatic carbocycles. The fourth-order valence-electron chi connectivity index (χ4n) is 2.97. The zero-order valence-corrected chi connectivity index (χ0v) is 13.1. The first-order valence-corrected chi connectivity index (χ1v) is 9.04. The molecule has 1 saturated carbocycles. The normalized spacial score (nSPS) is 31.2. The van der Waals surface area contributed by atoms with E-state index in [0.717, 1.165) is 25.8 Å². The van der Waals surface area contributed by atoms with E-state index < -0.39 is 9.84 Å². The van der Waals surface area contributed by atoms with Gasteiger partial charge in [-0.15, -0.1) is 0 Å². The Morgan fingerprint density at radius 1 is 1.22 bits per heavy atom. The molecule has 108 valence electrons. The number of nitrogens with one attached hydrogen (secondary N) is 1. The van der Waals surface area contributed by atoms with Gasteiger partial charge in [-0.2, -0.15) is 0 Å². The summed E-state index contributed by atoms with van der Waals surface area (Å²) in [6.45, 7) is 8.90. The summed E-state index contributed by atoms with van der Waals surface area (Å²) in [5.41, 5.74) is 0. The van der Waals surface area contributed by atoms with Crippen LogP contribution in [0.1, 0.15) is 59.8 Å². The van der Waals surface area contributed by atoms with Gasteiger partial charge in [0.1, 0.15) is 0 Å². The Hall–Kier alpha value is -0.0900. The van der Waals surface area contributed by atoms with Crippen molar-refractivity contribution in [3.05, 3.63) is 0 Å². The molecule has 0 spiro atoms. The lowest BCUT2D eigenvalue weighted by Crippen LogP contribution is -2.50. The molecule has 0 aromatic heterocycles. The van der Waals surface area contributed by atoms with Crippen LogP contribution in [0.2, 0.25) is 0 Å². The average Bonchev–Trinajstić information content (AvgIpc) is 2.38. The van der Waals surface area contributed by atoms with Crippen LogP contribution in [-0.2, 0) is 9.84 Å². The van der Waals surface area contributed by atoms with Crippen LogP contribution in [0.3, 0.4) is 0 Å². The van der Waals surface area contributed by atoms with E-state index in [4.69, 9.17) is 0 Å². The van der Waals surface area contributed by atoms with E-state index in [-0.39, 0.29) is 16.5 Å². The van der Waals surface area contributed by atoms with Gasteiger partial charge in [0.05, 0.1) is 10.5 Å². The van der Waals surface area contributed by atoms with E-state index in [9.17, 15) is 8.42 Å². The van der Waals surface area contributed by atoms with Crippen molar-refractivity contribution >= 4 is 9.84 Å². The summed E-state index contributed by atoms with van der Waals surface area (Å²) >= 11 is 0. The maximum Gasteiger partial charge on any atom is 0.157 e. The summed E-state index contributed by atoms with van der Waals surface area (Å²) in [4.78, 5) is 0. The van der Waals surface area contributed by atoms with Crippen molar-refractivity contribution < 1.29 is 8.42 Å². The molecule has 0 saturated heterocycles. The topological polar surface area (TPSA) is 46.2 Å². The molecule has 1 N–H and O–H groups in total. The van der Waals surface area contributed by atoms with Crippen LogP contribution in [0.15, 0.2) is 0 Å². The van der Waals surface area contributed by atoms with Gasteiger partial charge in [-0.3, -0.25) is 0 Å². The Kier molecular flexibility index (Phi) is 6.12. The summed E-state index contributed by atoms with van der Waals surface area (Å²) in [6.07, 6.45) is 4.84. The van der Waals surface area contributed by atoms with Gasteiger partial charge in [0.15, 0.2) is 9.84 Å². The largest absolute Gasteiger partial charge is 0.313 e. The van der Waals surface area contributed by atoms with E-state index in [1.807, 2.05) is 13.8 Å². The van der Waals surface area contributed by atoms with Crippen LogP contribution in [0.25, 0.3) is 0 Å². The van der Waals surface area contributed by atoms with Crippen LogP contribution in [0, 0.1) is 5.92 Å². The van der Waals surface area contributed by atoms with Crippen LogP contribution in [-0.4, -0.2) is 31.5 Å². The van der Waals surface area contributed by atoms with Gasteiger partial charge in [-0.25, -0.2) is 8.42 Å². The molecule has 0 heterocycles. The second kappa shape index (κ2) is 6.90. The molecule has 4 atom stereocenters. The Bertz CT molecular complexity index is 340. The third-order valence-corrected chi connectivity index (χ3v) is 7.32. The summed E-state index contributed by atoms with van der Waals surface area (Å²) in [6, 6.07) is 0.164. The van der Waals surface area contributed by atoms with E-state index in [1.54, 1.807) is 0 Å². The summed E-state index contributed by atoms with van der Waals surface area (Å²) < 4.78 is 25.2. The predicted octanol–water partition coefficient (Wildman–Crippen LogP) is 2.76. The Morgan fingerprint density at radius 2 is 1.89 bits per heavy atom. The number of sulfone groups is 1. The lowest BCUT2D eigenvalue weighted by atomic mass is 9.84. The van der Waals surface area contributed by atoms with Gasteiger partial charge in [-0.05, 0) is 45.1 Å². The maximum absolute atomic E-state index is 12.6. The van der Waals surface area contributed by atoms with Gasteiger partial charge < -0.3 is 5.32 Å². The van der Waals surface area contributed by atoms with Crippen molar-refractivity contribution in [2.45, 2.75) is 76.3 Å². The molecule has 0 aliphatic heterocycles. The lowest BCUT2D eigenvalue weighted by Gasteiger charge is -2.37.